The summed E-state index contributed by atoms with van der Waals surface area (Å²) in [5.41, 5.74) is -0.501. The second-order valence-electron chi connectivity index (χ2n) is 4.74. The first-order chi connectivity index (χ1) is 10.5. The summed E-state index contributed by atoms with van der Waals surface area (Å²) in [6.07, 6.45) is 5.53. The molecule has 0 aliphatic carbocycles. The molecule has 0 saturated heterocycles. The maximum Gasteiger partial charge on any atom is 0.331 e. The van der Waals surface area contributed by atoms with E-state index in [9.17, 15) is 9.59 Å². The van der Waals surface area contributed by atoms with E-state index >= 15 is 0 Å². The van der Waals surface area contributed by atoms with Crippen LogP contribution in [0.25, 0.3) is 0 Å². The van der Waals surface area contributed by atoms with Crippen molar-refractivity contribution in [2.45, 2.75) is 13.3 Å². The Labute approximate surface area is 131 Å². The van der Waals surface area contributed by atoms with Gasteiger partial charge in [0.05, 0.1) is 31.8 Å². The highest BCUT2D eigenvalue weighted by Gasteiger charge is 2.31. The quantitative estimate of drug-likeness (QED) is 0.242. The lowest BCUT2D eigenvalue weighted by Gasteiger charge is -2.31. The minimum atomic E-state index is -1.21. The van der Waals surface area contributed by atoms with Crippen molar-refractivity contribution in [2.24, 2.45) is 5.41 Å². The largest absolute Gasteiger partial charge is 0.478 e. The van der Waals surface area contributed by atoms with Crippen LogP contribution in [0.2, 0.25) is 0 Å². The molecule has 0 fully saturated rings. The molecule has 1 N–H and O–H groups in total. The van der Waals surface area contributed by atoms with Gasteiger partial charge in [-0.25, -0.2) is 9.59 Å². The van der Waals surface area contributed by atoms with Gasteiger partial charge in [0, 0.05) is 12.2 Å². The van der Waals surface area contributed by atoms with E-state index < -0.39 is 17.4 Å². The molecule has 0 saturated carbocycles. The predicted molar refractivity (Wildman–Crippen MR) is 82.5 cm³/mol. The fraction of sp³-hybridized carbons (Fsp3) is 0.500. The summed E-state index contributed by atoms with van der Waals surface area (Å²) < 4.78 is 16.1. The number of rotatable bonds is 13. The van der Waals surface area contributed by atoms with Crippen molar-refractivity contribution in [1.82, 2.24) is 0 Å². The zero-order valence-corrected chi connectivity index (χ0v) is 13.0. The third kappa shape index (κ3) is 9.10. The Hall–Kier alpha value is -1.92. The Morgan fingerprint density at radius 1 is 1.05 bits per heavy atom. The third-order valence-corrected chi connectivity index (χ3v) is 2.92. The molecule has 0 atom stereocenters. The maximum atomic E-state index is 11.5. The second-order valence-corrected chi connectivity index (χ2v) is 4.74. The fourth-order valence-corrected chi connectivity index (χ4v) is 1.56. The van der Waals surface area contributed by atoms with Gasteiger partial charge in [-0.05, 0) is 6.42 Å². The van der Waals surface area contributed by atoms with Crippen LogP contribution < -0.4 is 0 Å². The molecule has 6 nitrogen and oxygen atoms in total. The zero-order chi connectivity index (χ0) is 16.8. The summed E-state index contributed by atoms with van der Waals surface area (Å²) >= 11 is 0. The first-order valence-corrected chi connectivity index (χ1v) is 6.94. The molecule has 0 aliphatic rings. The highest BCUT2D eigenvalue weighted by atomic mass is 16.5. The van der Waals surface area contributed by atoms with Crippen LogP contribution in [0.3, 0.4) is 0 Å². The van der Waals surface area contributed by atoms with Crippen molar-refractivity contribution in [2.75, 3.05) is 33.0 Å². The number of hydrogen-bond acceptors (Lipinski definition) is 5. The molecule has 0 amide bonds. The Bertz CT molecular complexity index is 385. The topological polar surface area (TPSA) is 82.1 Å². The van der Waals surface area contributed by atoms with Crippen LogP contribution in [-0.4, -0.2) is 50.1 Å². The van der Waals surface area contributed by atoms with Crippen molar-refractivity contribution in [3.8, 4) is 0 Å². The number of esters is 1. The molecule has 0 heterocycles. The number of hydrogen-bond donors (Lipinski definition) is 1. The molecule has 0 aromatic heterocycles. The minimum Gasteiger partial charge on any atom is -0.478 e. The number of carbonyl (C=O) groups excluding carboxylic acids is 1. The smallest absolute Gasteiger partial charge is 0.331 e. The van der Waals surface area contributed by atoms with Gasteiger partial charge in [0.2, 0.25) is 0 Å². The number of carbonyl (C=O) groups is 2. The molecule has 0 spiro atoms. The number of aliphatic carboxylic acids is 1. The lowest BCUT2D eigenvalue weighted by Crippen LogP contribution is -2.37. The van der Waals surface area contributed by atoms with Gasteiger partial charge >= 0.3 is 11.9 Å². The van der Waals surface area contributed by atoms with Gasteiger partial charge in [-0.15, -0.1) is 13.2 Å². The summed E-state index contributed by atoms with van der Waals surface area (Å²) in [6, 6.07) is 0. The Morgan fingerprint density at radius 2 is 1.59 bits per heavy atom. The third-order valence-electron chi connectivity index (χ3n) is 2.92. The molecule has 0 aromatic rings. The average Bonchev–Trinajstić information content (AvgIpc) is 2.50. The van der Waals surface area contributed by atoms with E-state index in [1.54, 1.807) is 12.2 Å². The molecule has 0 bridgehead atoms. The molecular formula is C16H24O6. The first-order valence-electron chi connectivity index (χ1n) is 6.94. The van der Waals surface area contributed by atoms with Crippen molar-refractivity contribution in [1.29, 1.82) is 0 Å². The van der Waals surface area contributed by atoms with Crippen molar-refractivity contribution >= 4 is 11.9 Å². The van der Waals surface area contributed by atoms with E-state index in [2.05, 4.69) is 13.2 Å². The van der Waals surface area contributed by atoms with Crippen molar-refractivity contribution < 1.29 is 28.9 Å². The fourth-order valence-electron chi connectivity index (χ4n) is 1.56. The average molecular weight is 312 g/mol. The van der Waals surface area contributed by atoms with Crippen LogP contribution in [0.1, 0.15) is 13.3 Å². The summed E-state index contributed by atoms with van der Waals surface area (Å²) in [6.45, 7) is 10.6. The molecule has 0 rings (SSSR count). The van der Waals surface area contributed by atoms with E-state index in [4.69, 9.17) is 19.3 Å². The first kappa shape index (κ1) is 20.1. The van der Waals surface area contributed by atoms with Crippen molar-refractivity contribution in [3.05, 3.63) is 37.5 Å². The molecule has 124 valence electrons. The SMILES string of the molecule is C=CCOCC(CC)(COCC=C)COC(=O)/C=C\C(=O)O. The minimum absolute atomic E-state index is 0.0700. The van der Waals surface area contributed by atoms with Gasteiger partial charge in [0.15, 0.2) is 0 Å². The Balaban J connectivity index is 4.65. The molecule has 6 heteroatoms. The number of carboxylic acids is 1. The van der Waals surface area contributed by atoms with Gasteiger partial charge in [0.25, 0.3) is 0 Å². The van der Waals surface area contributed by atoms with E-state index in [1.807, 2.05) is 6.92 Å². The molecular weight excluding hydrogens is 288 g/mol. The van der Waals surface area contributed by atoms with Gasteiger partial charge in [-0.1, -0.05) is 19.1 Å². The maximum absolute atomic E-state index is 11.5. The van der Waals surface area contributed by atoms with E-state index in [1.165, 1.54) is 0 Å². The van der Waals surface area contributed by atoms with Crippen LogP contribution in [0.15, 0.2) is 37.5 Å². The van der Waals surface area contributed by atoms with Gasteiger partial charge in [-0.2, -0.15) is 0 Å². The van der Waals surface area contributed by atoms with Gasteiger partial charge in [0.1, 0.15) is 6.61 Å². The molecule has 22 heavy (non-hydrogen) atoms. The van der Waals surface area contributed by atoms with Crippen LogP contribution in [0.5, 0.6) is 0 Å². The van der Waals surface area contributed by atoms with E-state index in [0.29, 0.717) is 32.8 Å². The van der Waals surface area contributed by atoms with Crippen LogP contribution in [0, 0.1) is 5.41 Å². The normalized spacial score (nSPS) is 11.3. The van der Waals surface area contributed by atoms with Crippen LogP contribution in [-0.2, 0) is 23.8 Å². The molecule has 0 aliphatic heterocycles. The molecule has 0 unspecified atom stereocenters. The van der Waals surface area contributed by atoms with Crippen LogP contribution in [0.4, 0.5) is 0 Å². The number of carboxylic acid groups (broad SMARTS) is 1. The predicted octanol–water partition coefficient (Wildman–Crippen LogP) is 1.97. The van der Waals surface area contributed by atoms with Gasteiger partial charge in [-0.3, -0.25) is 0 Å². The van der Waals surface area contributed by atoms with Crippen LogP contribution >= 0.6 is 0 Å². The van der Waals surface area contributed by atoms with Gasteiger partial charge < -0.3 is 19.3 Å². The second kappa shape index (κ2) is 11.7. The summed E-state index contributed by atoms with van der Waals surface area (Å²) in [5, 5.41) is 8.47. The summed E-state index contributed by atoms with van der Waals surface area (Å²) in [5.74, 6) is -1.92. The lowest BCUT2D eigenvalue weighted by atomic mass is 9.88. The Kier molecular flexibility index (Phi) is 10.7. The lowest BCUT2D eigenvalue weighted by molar-refractivity contribution is -0.146. The zero-order valence-electron chi connectivity index (χ0n) is 13.0. The number of ether oxygens (including phenoxy) is 3. The summed E-state index contributed by atoms with van der Waals surface area (Å²) in [7, 11) is 0. The highest BCUT2D eigenvalue weighted by molar-refractivity contribution is 5.90. The van der Waals surface area contributed by atoms with E-state index in [0.717, 1.165) is 12.2 Å². The van der Waals surface area contributed by atoms with Crippen molar-refractivity contribution in [3.63, 3.8) is 0 Å². The monoisotopic (exact) mass is 312 g/mol. The molecule has 0 aromatic carbocycles. The standard InChI is InChI=1S/C16H24O6/c1-4-9-20-11-16(6-3,12-21-10-5-2)13-22-15(19)8-7-14(17)18/h4-5,7-8H,1-2,6,9-13H2,3H3,(H,17,18)/b8-7-. The van der Waals surface area contributed by atoms with E-state index in [-0.39, 0.29) is 6.61 Å². The highest BCUT2D eigenvalue weighted by Crippen LogP contribution is 2.24. The Morgan fingerprint density at radius 3 is 2.00 bits per heavy atom. The molecule has 0 radical (unpaired) electrons. The summed E-state index contributed by atoms with van der Waals surface area (Å²) in [4.78, 5) is 21.8.